The quantitative estimate of drug-likeness (QED) is 0.613. The second-order valence-electron chi connectivity index (χ2n) is 3.88. The van der Waals surface area contributed by atoms with E-state index in [0.717, 1.165) is 13.0 Å². The van der Waals surface area contributed by atoms with Gasteiger partial charge in [-0.05, 0) is 13.3 Å². The van der Waals surface area contributed by atoms with E-state index in [1.165, 1.54) is 0 Å². The van der Waals surface area contributed by atoms with Crippen molar-refractivity contribution in [2.75, 3.05) is 13.6 Å². The molecule has 0 aliphatic carbocycles. The van der Waals surface area contributed by atoms with Crippen molar-refractivity contribution in [2.24, 2.45) is 5.41 Å². The summed E-state index contributed by atoms with van der Waals surface area (Å²) in [6, 6.07) is 0. The Morgan fingerprint density at radius 3 is 2.38 bits per heavy atom. The molecule has 13 heavy (non-hydrogen) atoms. The Bertz CT molecular complexity index is 198. The van der Waals surface area contributed by atoms with Crippen LogP contribution in [0.5, 0.6) is 0 Å². The molecule has 2 nitrogen and oxygen atoms in total. The van der Waals surface area contributed by atoms with Gasteiger partial charge < -0.3 is 4.90 Å². The van der Waals surface area contributed by atoms with E-state index in [1.54, 1.807) is 11.8 Å². The fraction of sp³-hybridized carbons (Fsp3) is 0.727. The summed E-state index contributed by atoms with van der Waals surface area (Å²) in [5.41, 5.74) is 0.120. The molecule has 0 aromatic rings. The minimum Gasteiger partial charge on any atom is -0.345 e. The van der Waals surface area contributed by atoms with Crippen LogP contribution < -0.4 is 0 Å². The zero-order chi connectivity index (χ0) is 10.5. The number of carbonyl (C=O) groups is 1. The summed E-state index contributed by atoms with van der Waals surface area (Å²) < 4.78 is 0. The van der Waals surface area contributed by atoms with Crippen molar-refractivity contribution in [3.8, 4) is 0 Å². The van der Waals surface area contributed by atoms with Crippen LogP contribution in [0.25, 0.3) is 0 Å². The predicted octanol–water partition coefficient (Wildman–Crippen LogP) is 2.46. The molecule has 0 bridgehead atoms. The molecule has 0 spiro atoms. The number of hydrogen-bond acceptors (Lipinski definition) is 1. The summed E-state index contributed by atoms with van der Waals surface area (Å²) in [5.74, 6) is 0.129. The van der Waals surface area contributed by atoms with Crippen molar-refractivity contribution < 1.29 is 4.79 Å². The summed E-state index contributed by atoms with van der Waals surface area (Å²) >= 11 is 0. The average molecular weight is 183 g/mol. The Kier molecular flexibility index (Phi) is 4.74. The van der Waals surface area contributed by atoms with Crippen LogP contribution >= 0.6 is 0 Å². The number of allylic oxidation sites excluding steroid dienone is 1. The van der Waals surface area contributed by atoms with E-state index in [4.69, 9.17) is 0 Å². The summed E-state index contributed by atoms with van der Waals surface area (Å²) in [5, 5.41) is 0. The Morgan fingerprint density at radius 1 is 1.54 bits per heavy atom. The lowest BCUT2D eigenvalue weighted by atomic mass is 9.86. The zero-order valence-electron chi connectivity index (χ0n) is 9.42. The van der Waals surface area contributed by atoms with Crippen LogP contribution in [0.15, 0.2) is 12.2 Å². The Hall–Kier alpha value is -0.790. The van der Waals surface area contributed by atoms with Gasteiger partial charge in [-0.1, -0.05) is 26.0 Å². The summed E-state index contributed by atoms with van der Waals surface area (Å²) in [6.45, 7) is 8.73. The van der Waals surface area contributed by atoms with E-state index in [2.05, 4.69) is 26.0 Å². The van der Waals surface area contributed by atoms with Crippen LogP contribution in [0, 0.1) is 5.41 Å². The second kappa shape index (κ2) is 5.05. The zero-order valence-corrected chi connectivity index (χ0v) is 9.42. The molecule has 0 radical (unpaired) electrons. The van der Waals surface area contributed by atoms with Crippen LogP contribution in [0.2, 0.25) is 0 Å². The van der Waals surface area contributed by atoms with E-state index < -0.39 is 0 Å². The molecular weight excluding hydrogens is 162 g/mol. The van der Waals surface area contributed by atoms with Gasteiger partial charge in [-0.3, -0.25) is 4.79 Å². The van der Waals surface area contributed by atoms with Crippen molar-refractivity contribution in [3.63, 3.8) is 0 Å². The van der Waals surface area contributed by atoms with Crippen LogP contribution in [0.1, 0.15) is 34.1 Å². The van der Waals surface area contributed by atoms with Gasteiger partial charge in [-0.15, -0.1) is 0 Å². The molecule has 1 atom stereocenters. The molecule has 0 saturated heterocycles. The minimum absolute atomic E-state index is 0.120. The van der Waals surface area contributed by atoms with Gasteiger partial charge in [0.1, 0.15) is 0 Å². The largest absolute Gasteiger partial charge is 0.345 e. The van der Waals surface area contributed by atoms with Gasteiger partial charge in [0.25, 0.3) is 0 Å². The smallest absolute Gasteiger partial charge is 0.219 e. The monoisotopic (exact) mass is 183 g/mol. The molecule has 0 N–H and O–H groups in total. The second-order valence-corrected chi connectivity index (χ2v) is 3.88. The molecule has 0 aliphatic heterocycles. The van der Waals surface area contributed by atoms with Crippen molar-refractivity contribution in [1.29, 1.82) is 0 Å². The number of hydrogen-bond donors (Lipinski definition) is 0. The third-order valence-electron chi connectivity index (χ3n) is 2.51. The van der Waals surface area contributed by atoms with Crippen molar-refractivity contribution in [3.05, 3.63) is 12.2 Å². The number of nitrogens with zero attached hydrogens (tertiary/aromatic N) is 1. The Balaban J connectivity index is 4.35. The highest BCUT2D eigenvalue weighted by molar-refractivity contribution is 5.72. The van der Waals surface area contributed by atoms with Gasteiger partial charge in [0.05, 0.1) is 0 Å². The number of carbonyl (C=O) groups excluding carboxylic acids is 1. The van der Waals surface area contributed by atoms with E-state index in [0.29, 0.717) is 0 Å². The van der Waals surface area contributed by atoms with Crippen LogP contribution in [0.4, 0.5) is 0 Å². The van der Waals surface area contributed by atoms with Crippen LogP contribution in [-0.2, 0) is 4.79 Å². The maximum Gasteiger partial charge on any atom is 0.219 e. The maximum absolute atomic E-state index is 11.0. The fourth-order valence-electron chi connectivity index (χ4n) is 1.34. The highest BCUT2D eigenvalue weighted by atomic mass is 16.2. The molecule has 0 aliphatic rings. The summed E-state index contributed by atoms with van der Waals surface area (Å²) in [6.07, 6.45) is 5.28. The Morgan fingerprint density at radius 2 is 2.08 bits per heavy atom. The molecule has 0 rings (SSSR count). The van der Waals surface area contributed by atoms with Crippen LogP contribution in [-0.4, -0.2) is 24.4 Å². The van der Waals surface area contributed by atoms with Gasteiger partial charge in [0.2, 0.25) is 5.91 Å². The van der Waals surface area contributed by atoms with Gasteiger partial charge in [-0.2, -0.15) is 0 Å². The first kappa shape index (κ1) is 12.2. The molecule has 0 aromatic heterocycles. The van der Waals surface area contributed by atoms with Crippen molar-refractivity contribution >= 4 is 5.91 Å². The molecule has 2 heteroatoms. The third kappa shape index (κ3) is 4.11. The highest BCUT2D eigenvalue weighted by Crippen LogP contribution is 2.23. The van der Waals surface area contributed by atoms with E-state index >= 15 is 0 Å². The minimum atomic E-state index is 0.120. The molecule has 0 heterocycles. The molecule has 0 saturated carbocycles. The number of rotatable bonds is 4. The predicted molar refractivity (Wildman–Crippen MR) is 56.5 cm³/mol. The standard InChI is InChI=1S/C11H21NO/c1-6-8-11(4,7-2)9-12(5)10(3)13/h6,8H,7,9H2,1-5H3/b8-6-. The lowest BCUT2D eigenvalue weighted by molar-refractivity contribution is -0.128. The molecule has 76 valence electrons. The van der Waals surface area contributed by atoms with Gasteiger partial charge in [0, 0.05) is 25.9 Å². The molecule has 0 aromatic carbocycles. The van der Waals surface area contributed by atoms with Gasteiger partial charge >= 0.3 is 0 Å². The molecule has 1 amide bonds. The highest BCUT2D eigenvalue weighted by Gasteiger charge is 2.21. The maximum atomic E-state index is 11.0. The first-order chi connectivity index (χ1) is 5.95. The van der Waals surface area contributed by atoms with Crippen molar-refractivity contribution in [1.82, 2.24) is 4.90 Å². The Labute approximate surface area is 81.6 Å². The molecule has 0 fully saturated rings. The lowest BCUT2D eigenvalue weighted by Gasteiger charge is -2.29. The first-order valence-electron chi connectivity index (χ1n) is 4.80. The normalized spacial score (nSPS) is 15.8. The van der Waals surface area contributed by atoms with Crippen molar-refractivity contribution in [2.45, 2.75) is 34.1 Å². The van der Waals surface area contributed by atoms with Gasteiger partial charge in [-0.25, -0.2) is 0 Å². The number of amides is 1. The first-order valence-corrected chi connectivity index (χ1v) is 4.80. The average Bonchev–Trinajstić information content (AvgIpc) is 2.04. The molecule has 1 unspecified atom stereocenters. The topological polar surface area (TPSA) is 20.3 Å². The lowest BCUT2D eigenvalue weighted by Crippen LogP contribution is -2.34. The third-order valence-corrected chi connectivity index (χ3v) is 2.51. The van der Waals surface area contributed by atoms with E-state index in [1.807, 2.05) is 14.0 Å². The summed E-state index contributed by atoms with van der Waals surface area (Å²) in [4.78, 5) is 12.8. The molecular formula is C11H21NO. The van der Waals surface area contributed by atoms with E-state index in [9.17, 15) is 4.79 Å². The van der Waals surface area contributed by atoms with Gasteiger partial charge in [0.15, 0.2) is 0 Å². The van der Waals surface area contributed by atoms with E-state index in [-0.39, 0.29) is 11.3 Å². The fourth-order valence-corrected chi connectivity index (χ4v) is 1.34. The van der Waals surface area contributed by atoms with Crippen LogP contribution in [0.3, 0.4) is 0 Å². The SMILES string of the molecule is C/C=C\C(C)(CC)CN(C)C(C)=O. The summed E-state index contributed by atoms with van der Waals surface area (Å²) in [7, 11) is 1.85.